The predicted octanol–water partition coefficient (Wildman–Crippen LogP) is 1.77. The molecule has 2 fully saturated rings. The van der Waals surface area contributed by atoms with Crippen molar-refractivity contribution in [1.29, 1.82) is 5.26 Å². The third-order valence-electron chi connectivity index (χ3n) is 4.73. The second-order valence-corrected chi connectivity index (χ2v) is 6.19. The van der Waals surface area contributed by atoms with Crippen LogP contribution >= 0.6 is 0 Å². The Balaban J connectivity index is 1.73. The van der Waals surface area contributed by atoms with Crippen LogP contribution in [0, 0.1) is 11.3 Å². The summed E-state index contributed by atoms with van der Waals surface area (Å²) in [6.07, 6.45) is 3.11. The monoisotopic (exact) mass is 313 g/mol. The van der Waals surface area contributed by atoms with Crippen molar-refractivity contribution in [3.05, 3.63) is 35.4 Å². The number of amides is 1. The first kappa shape index (κ1) is 16.0. The molecule has 0 aliphatic carbocycles. The highest BCUT2D eigenvalue weighted by Gasteiger charge is 2.32. The van der Waals surface area contributed by atoms with Gasteiger partial charge in [0.25, 0.3) is 0 Å². The maximum absolute atomic E-state index is 12.9. The minimum atomic E-state index is -0.0615. The van der Waals surface area contributed by atoms with Crippen molar-refractivity contribution in [2.24, 2.45) is 0 Å². The van der Waals surface area contributed by atoms with Gasteiger partial charge in [-0.15, -0.1) is 0 Å². The lowest BCUT2D eigenvalue weighted by Gasteiger charge is -2.38. The van der Waals surface area contributed by atoms with Crippen molar-refractivity contribution >= 4 is 5.91 Å². The van der Waals surface area contributed by atoms with Crippen molar-refractivity contribution in [3.63, 3.8) is 0 Å². The lowest BCUT2D eigenvalue weighted by atomic mass is 9.98. The molecule has 2 aliphatic heterocycles. The molecule has 1 unspecified atom stereocenters. The van der Waals surface area contributed by atoms with E-state index in [1.807, 2.05) is 29.2 Å². The molecule has 2 saturated heterocycles. The van der Waals surface area contributed by atoms with Gasteiger partial charge in [0, 0.05) is 19.6 Å². The first-order valence-electron chi connectivity index (χ1n) is 8.38. The standard InChI is InChI=1S/C18H23N3O2/c19-13-15-5-1-2-6-16(15)14-21-8-4-3-7-17(21)18(22)20-9-11-23-12-10-20/h1-2,5-6,17H,3-4,7-12,14H2. The molecule has 0 N–H and O–H groups in total. The number of morpholine rings is 1. The molecule has 2 aliphatic rings. The number of nitriles is 1. The predicted molar refractivity (Wildman–Crippen MR) is 86.6 cm³/mol. The van der Waals surface area contributed by atoms with Gasteiger partial charge >= 0.3 is 0 Å². The molecule has 0 radical (unpaired) electrons. The lowest BCUT2D eigenvalue weighted by molar-refractivity contribution is -0.142. The summed E-state index contributed by atoms with van der Waals surface area (Å²) in [5, 5.41) is 9.27. The van der Waals surface area contributed by atoms with Crippen LogP contribution in [0.25, 0.3) is 0 Å². The Labute approximate surface area is 137 Å². The summed E-state index contributed by atoms with van der Waals surface area (Å²) >= 11 is 0. The molecule has 1 atom stereocenters. The molecular formula is C18H23N3O2. The zero-order valence-electron chi connectivity index (χ0n) is 13.4. The fourth-order valence-electron chi connectivity index (χ4n) is 3.44. The largest absolute Gasteiger partial charge is 0.378 e. The molecule has 2 heterocycles. The van der Waals surface area contributed by atoms with Gasteiger partial charge in [0.15, 0.2) is 0 Å². The molecule has 5 heteroatoms. The fourth-order valence-corrected chi connectivity index (χ4v) is 3.44. The topological polar surface area (TPSA) is 56.6 Å². The Kier molecular flexibility index (Phi) is 5.27. The van der Waals surface area contributed by atoms with Crippen molar-refractivity contribution in [1.82, 2.24) is 9.80 Å². The lowest BCUT2D eigenvalue weighted by Crippen LogP contribution is -2.53. The quantitative estimate of drug-likeness (QED) is 0.853. The maximum Gasteiger partial charge on any atom is 0.240 e. The minimum Gasteiger partial charge on any atom is -0.378 e. The van der Waals surface area contributed by atoms with Gasteiger partial charge in [0.1, 0.15) is 0 Å². The highest BCUT2D eigenvalue weighted by Crippen LogP contribution is 2.23. The van der Waals surface area contributed by atoms with Gasteiger partial charge in [0.05, 0.1) is 30.9 Å². The van der Waals surface area contributed by atoms with Crippen molar-refractivity contribution in [2.45, 2.75) is 31.8 Å². The normalized spacial score (nSPS) is 22.6. The highest BCUT2D eigenvalue weighted by molar-refractivity contribution is 5.82. The van der Waals surface area contributed by atoms with Crippen molar-refractivity contribution in [3.8, 4) is 6.07 Å². The zero-order chi connectivity index (χ0) is 16.1. The summed E-state index contributed by atoms with van der Waals surface area (Å²) in [4.78, 5) is 17.1. The molecule has 0 aromatic heterocycles. The molecule has 3 rings (SSSR count). The third-order valence-corrected chi connectivity index (χ3v) is 4.73. The molecule has 0 saturated carbocycles. The molecule has 5 nitrogen and oxygen atoms in total. The van der Waals surface area contributed by atoms with E-state index in [1.54, 1.807) is 0 Å². The van der Waals surface area contributed by atoms with E-state index in [-0.39, 0.29) is 11.9 Å². The van der Waals surface area contributed by atoms with Crippen LogP contribution in [-0.4, -0.2) is 54.6 Å². The van der Waals surface area contributed by atoms with E-state index < -0.39 is 0 Å². The van der Waals surface area contributed by atoms with Gasteiger partial charge in [-0.3, -0.25) is 9.69 Å². The van der Waals surface area contributed by atoms with Crippen molar-refractivity contribution < 1.29 is 9.53 Å². The van der Waals surface area contributed by atoms with E-state index in [1.165, 1.54) is 0 Å². The Morgan fingerprint density at radius 2 is 2.00 bits per heavy atom. The minimum absolute atomic E-state index is 0.0615. The van der Waals surface area contributed by atoms with E-state index in [0.717, 1.165) is 31.4 Å². The number of ether oxygens (including phenoxy) is 1. The highest BCUT2D eigenvalue weighted by atomic mass is 16.5. The van der Waals surface area contributed by atoms with Crippen LogP contribution in [0.4, 0.5) is 0 Å². The van der Waals surface area contributed by atoms with E-state index >= 15 is 0 Å². The number of hydrogen-bond acceptors (Lipinski definition) is 4. The molecule has 1 amide bonds. The maximum atomic E-state index is 12.9. The number of hydrogen-bond donors (Lipinski definition) is 0. The average molecular weight is 313 g/mol. The van der Waals surface area contributed by atoms with Crippen molar-refractivity contribution in [2.75, 3.05) is 32.8 Å². The molecule has 1 aromatic carbocycles. The van der Waals surface area contributed by atoms with Gasteiger partial charge in [-0.1, -0.05) is 24.6 Å². The fraction of sp³-hybridized carbons (Fsp3) is 0.556. The summed E-state index contributed by atoms with van der Waals surface area (Å²) in [5.74, 6) is 0.224. The Morgan fingerprint density at radius 1 is 1.22 bits per heavy atom. The number of benzene rings is 1. The third kappa shape index (κ3) is 3.72. The van der Waals surface area contributed by atoms with Crippen LogP contribution in [-0.2, 0) is 16.1 Å². The second kappa shape index (κ2) is 7.58. The second-order valence-electron chi connectivity index (χ2n) is 6.19. The molecule has 0 bridgehead atoms. The SMILES string of the molecule is N#Cc1ccccc1CN1CCCCC1C(=O)N1CCOCC1. The Hall–Kier alpha value is -1.90. The van der Waals surface area contributed by atoms with E-state index in [2.05, 4.69) is 11.0 Å². The van der Waals surface area contributed by atoms with Gasteiger partial charge in [-0.2, -0.15) is 5.26 Å². The molecule has 1 aromatic rings. The number of nitrogens with zero attached hydrogens (tertiary/aromatic N) is 3. The number of carbonyl (C=O) groups excluding carboxylic acids is 1. The van der Waals surface area contributed by atoms with Crippen LogP contribution in [0.2, 0.25) is 0 Å². The number of piperidine rings is 1. The van der Waals surface area contributed by atoms with Crippen LogP contribution in [0.3, 0.4) is 0 Å². The van der Waals surface area contributed by atoms with E-state index in [9.17, 15) is 10.1 Å². The van der Waals surface area contributed by atoms with Crippen LogP contribution in [0.5, 0.6) is 0 Å². The molecule has 122 valence electrons. The van der Waals surface area contributed by atoms with Gasteiger partial charge in [0.2, 0.25) is 5.91 Å². The Morgan fingerprint density at radius 3 is 2.78 bits per heavy atom. The summed E-state index contributed by atoms with van der Waals surface area (Å²) in [7, 11) is 0. The molecule has 23 heavy (non-hydrogen) atoms. The number of rotatable bonds is 3. The first-order valence-corrected chi connectivity index (χ1v) is 8.38. The summed E-state index contributed by atoms with van der Waals surface area (Å²) in [6, 6.07) is 9.87. The average Bonchev–Trinajstić information content (AvgIpc) is 2.63. The summed E-state index contributed by atoms with van der Waals surface area (Å²) < 4.78 is 5.35. The number of carbonyl (C=O) groups is 1. The zero-order valence-corrected chi connectivity index (χ0v) is 13.4. The van der Waals surface area contributed by atoms with Crippen LogP contribution in [0.1, 0.15) is 30.4 Å². The number of likely N-dealkylation sites (tertiary alicyclic amines) is 1. The summed E-state index contributed by atoms with van der Waals surface area (Å²) in [5.41, 5.74) is 1.72. The van der Waals surface area contributed by atoms with E-state index in [4.69, 9.17) is 4.74 Å². The first-order chi connectivity index (χ1) is 11.3. The van der Waals surface area contributed by atoms with Crippen LogP contribution in [0.15, 0.2) is 24.3 Å². The van der Waals surface area contributed by atoms with Crippen LogP contribution < -0.4 is 0 Å². The van der Waals surface area contributed by atoms with Gasteiger partial charge in [-0.25, -0.2) is 0 Å². The van der Waals surface area contributed by atoms with Gasteiger partial charge in [-0.05, 0) is 31.0 Å². The molecular weight excluding hydrogens is 290 g/mol. The molecule has 0 spiro atoms. The summed E-state index contributed by atoms with van der Waals surface area (Å²) in [6.45, 7) is 4.24. The Bertz CT molecular complexity index is 590. The van der Waals surface area contributed by atoms with E-state index in [0.29, 0.717) is 38.4 Å². The smallest absolute Gasteiger partial charge is 0.240 e. The van der Waals surface area contributed by atoms with Gasteiger partial charge < -0.3 is 9.64 Å².